The van der Waals surface area contributed by atoms with Gasteiger partial charge in [-0.25, -0.2) is 9.36 Å². The molecule has 0 aliphatic carbocycles. The lowest BCUT2D eigenvalue weighted by atomic mass is 10.1. The van der Waals surface area contributed by atoms with Crippen LogP contribution in [0.5, 0.6) is 0 Å². The number of fused-ring (bicyclic) bond motifs is 1. The standard InChI is InChI=1S/C20H26N6/c1-14-6-4-5-7-19(14)26-16(3)18(15(2)24-26)12-21-10-17-11-22-20-8-9-23-25(20)13-17/h4-9,17,21-22H,10-13H2,1-3H3/t17-/m0/s1. The molecule has 0 bridgehead atoms. The number of anilines is 1. The van der Waals surface area contributed by atoms with Gasteiger partial charge in [0, 0.05) is 49.4 Å². The SMILES string of the molecule is Cc1ccccc1-n1nc(C)c(CNC[C@H]2CNc3ccnn3C2)c1C. The van der Waals surface area contributed by atoms with E-state index >= 15 is 0 Å². The van der Waals surface area contributed by atoms with Gasteiger partial charge >= 0.3 is 0 Å². The fourth-order valence-corrected chi connectivity index (χ4v) is 3.69. The summed E-state index contributed by atoms with van der Waals surface area (Å²) in [6.07, 6.45) is 1.85. The Morgan fingerprint density at radius 3 is 2.88 bits per heavy atom. The Balaban J connectivity index is 1.42. The minimum absolute atomic E-state index is 0.537. The maximum atomic E-state index is 4.78. The van der Waals surface area contributed by atoms with Gasteiger partial charge in [-0.2, -0.15) is 10.2 Å². The van der Waals surface area contributed by atoms with Gasteiger partial charge in [0.2, 0.25) is 0 Å². The second kappa shape index (κ2) is 6.96. The van der Waals surface area contributed by atoms with Crippen LogP contribution in [0.15, 0.2) is 36.5 Å². The molecule has 26 heavy (non-hydrogen) atoms. The number of hydrogen-bond donors (Lipinski definition) is 2. The van der Waals surface area contributed by atoms with E-state index in [9.17, 15) is 0 Å². The first kappa shape index (κ1) is 16.8. The van der Waals surface area contributed by atoms with Gasteiger partial charge in [0.25, 0.3) is 0 Å². The molecule has 0 unspecified atom stereocenters. The van der Waals surface area contributed by atoms with Gasteiger partial charge in [-0.05, 0) is 32.4 Å². The van der Waals surface area contributed by atoms with Crippen LogP contribution in [-0.2, 0) is 13.1 Å². The van der Waals surface area contributed by atoms with Crippen LogP contribution < -0.4 is 10.6 Å². The molecular weight excluding hydrogens is 324 g/mol. The zero-order valence-electron chi connectivity index (χ0n) is 15.7. The van der Waals surface area contributed by atoms with Crippen molar-refractivity contribution in [3.63, 3.8) is 0 Å². The average Bonchev–Trinajstić information content (AvgIpc) is 3.21. The van der Waals surface area contributed by atoms with Crippen molar-refractivity contribution >= 4 is 5.82 Å². The zero-order chi connectivity index (χ0) is 18.1. The minimum atomic E-state index is 0.537. The first-order valence-electron chi connectivity index (χ1n) is 9.21. The molecule has 136 valence electrons. The van der Waals surface area contributed by atoms with E-state index in [1.165, 1.54) is 16.8 Å². The number of hydrogen-bond acceptors (Lipinski definition) is 4. The molecule has 6 nitrogen and oxygen atoms in total. The predicted octanol–water partition coefficient (Wildman–Crippen LogP) is 2.83. The lowest BCUT2D eigenvalue weighted by Gasteiger charge is -2.25. The summed E-state index contributed by atoms with van der Waals surface area (Å²) in [5, 5.41) is 16.2. The summed E-state index contributed by atoms with van der Waals surface area (Å²) in [6, 6.07) is 10.4. The van der Waals surface area contributed by atoms with Gasteiger partial charge in [-0.1, -0.05) is 18.2 Å². The summed E-state index contributed by atoms with van der Waals surface area (Å²) < 4.78 is 4.11. The Labute approximate surface area is 154 Å². The average molecular weight is 350 g/mol. The molecule has 0 saturated heterocycles. The van der Waals surface area contributed by atoms with E-state index in [1.54, 1.807) is 0 Å². The lowest BCUT2D eigenvalue weighted by Crippen LogP contribution is -2.35. The molecule has 1 aliphatic rings. The molecule has 0 fully saturated rings. The van der Waals surface area contributed by atoms with Gasteiger partial charge < -0.3 is 10.6 Å². The third kappa shape index (κ3) is 3.12. The monoisotopic (exact) mass is 350 g/mol. The Morgan fingerprint density at radius 1 is 1.19 bits per heavy atom. The summed E-state index contributed by atoms with van der Waals surface area (Å²) in [7, 11) is 0. The number of para-hydroxylation sites is 1. The van der Waals surface area contributed by atoms with Crippen molar-refractivity contribution in [3.05, 3.63) is 59.0 Å². The van der Waals surface area contributed by atoms with E-state index in [2.05, 4.69) is 65.5 Å². The van der Waals surface area contributed by atoms with Crippen LogP contribution in [0.1, 0.15) is 22.5 Å². The number of nitrogens with one attached hydrogen (secondary N) is 2. The summed E-state index contributed by atoms with van der Waals surface area (Å²) in [5.41, 5.74) is 5.98. The Hall–Kier alpha value is -2.60. The van der Waals surface area contributed by atoms with Gasteiger partial charge in [0.05, 0.1) is 17.6 Å². The van der Waals surface area contributed by atoms with Crippen molar-refractivity contribution < 1.29 is 0 Å². The number of aryl methyl sites for hydroxylation is 2. The second-order valence-electron chi connectivity index (χ2n) is 7.12. The van der Waals surface area contributed by atoms with Crippen LogP contribution in [0.3, 0.4) is 0 Å². The van der Waals surface area contributed by atoms with Crippen molar-refractivity contribution in [3.8, 4) is 5.69 Å². The Morgan fingerprint density at radius 2 is 2.04 bits per heavy atom. The maximum Gasteiger partial charge on any atom is 0.124 e. The van der Waals surface area contributed by atoms with Crippen LogP contribution in [0.4, 0.5) is 5.82 Å². The highest BCUT2D eigenvalue weighted by atomic mass is 15.3. The summed E-state index contributed by atoms with van der Waals surface area (Å²) >= 11 is 0. The third-order valence-electron chi connectivity index (χ3n) is 5.24. The molecule has 0 amide bonds. The first-order chi connectivity index (χ1) is 12.6. The first-order valence-corrected chi connectivity index (χ1v) is 9.21. The van der Waals surface area contributed by atoms with Gasteiger partial charge in [-0.15, -0.1) is 0 Å². The summed E-state index contributed by atoms with van der Waals surface area (Å²) in [4.78, 5) is 0. The molecule has 6 heteroatoms. The van der Waals surface area contributed by atoms with E-state index in [0.717, 1.165) is 43.4 Å². The van der Waals surface area contributed by atoms with Crippen LogP contribution >= 0.6 is 0 Å². The van der Waals surface area contributed by atoms with Crippen LogP contribution in [0.25, 0.3) is 5.69 Å². The van der Waals surface area contributed by atoms with Crippen LogP contribution in [0.2, 0.25) is 0 Å². The highest BCUT2D eigenvalue weighted by Gasteiger charge is 2.19. The molecule has 0 radical (unpaired) electrons. The molecule has 1 aromatic carbocycles. The molecule has 0 saturated carbocycles. The topological polar surface area (TPSA) is 59.7 Å². The highest BCUT2D eigenvalue weighted by Crippen LogP contribution is 2.21. The quantitative estimate of drug-likeness (QED) is 0.743. The fraction of sp³-hybridized carbons (Fsp3) is 0.400. The van der Waals surface area contributed by atoms with Crippen molar-refractivity contribution in [1.29, 1.82) is 0 Å². The maximum absolute atomic E-state index is 4.78. The van der Waals surface area contributed by atoms with Crippen molar-refractivity contribution in [2.75, 3.05) is 18.4 Å². The van der Waals surface area contributed by atoms with Crippen molar-refractivity contribution in [2.24, 2.45) is 5.92 Å². The Kier molecular flexibility index (Phi) is 4.51. The lowest BCUT2D eigenvalue weighted by molar-refractivity contribution is 0.391. The Bertz CT molecular complexity index is 907. The van der Waals surface area contributed by atoms with Crippen molar-refractivity contribution in [2.45, 2.75) is 33.9 Å². The number of benzene rings is 1. The third-order valence-corrected chi connectivity index (χ3v) is 5.24. The van der Waals surface area contributed by atoms with Gasteiger partial charge in [-0.3, -0.25) is 0 Å². The van der Waals surface area contributed by atoms with E-state index < -0.39 is 0 Å². The van der Waals surface area contributed by atoms with E-state index in [4.69, 9.17) is 5.10 Å². The second-order valence-corrected chi connectivity index (χ2v) is 7.12. The van der Waals surface area contributed by atoms with E-state index in [-0.39, 0.29) is 0 Å². The summed E-state index contributed by atoms with van der Waals surface area (Å²) in [5.74, 6) is 1.65. The number of rotatable bonds is 5. The van der Waals surface area contributed by atoms with Gasteiger partial charge in [0.15, 0.2) is 0 Å². The molecule has 1 atom stereocenters. The van der Waals surface area contributed by atoms with E-state index in [0.29, 0.717) is 5.92 Å². The zero-order valence-corrected chi connectivity index (χ0v) is 15.7. The minimum Gasteiger partial charge on any atom is -0.370 e. The predicted molar refractivity (Wildman–Crippen MR) is 104 cm³/mol. The highest BCUT2D eigenvalue weighted by molar-refractivity contribution is 5.42. The van der Waals surface area contributed by atoms with Crippen molar-refractivity contribution in [1.82, 2.24) is 24.9 Å². The number of aromatic nitrogens is 4. The van der Waals surface area contributed by atoms with Crippen LogP contribution in [-0.4, -0.2) is 32.7 Å². The molecule has 2 aromatic heterocycles. The molecule has 1 aliphatic heterocycles. The van der Waals surface area contributed by atoms with Crippen LogP contribution in [0, 0.1) is 26.7 Å². The molecule has 2 N–H and O–H groups in total. The fourth-order valence-electron chi connectivity index (χ4n) is 3.69. The number of nitrogens with zero attached hydrogens (tertiary/aromatic N) is 4. The smallest absolute Gasteiger partial charge is 0.124 e. The molecule has 0 spiro atoms. The largest absolute Gasteiger partial charge is 0.370 e. The molecule has 3 aromatic rings. The molecule has 3 heterocycles. The summed E-state index contributed by atoms with van der Waals surface area (Å²) in [6.45, 7) is 10.1. The van der Waals surface area contributed by atoms with E-state index in [1.807, 2.05) is 16.9 Å². The normalized spacial score (nSPS) is 16.3. The molecule has 4 rings (SSSR count). The molecular formula is C20H26N6. The van der Waals surface area contributed by atoms with Gasteiger partial charge in [0.1, 0.15) is 5.82 Å².